The molecule has 2 atom stereocenters. The molecule has 31 heavy (non-hydrogen) atoms. The van der Waals surface area contributed by atoms with Crippen molar-refractivity contribution in [2.45, 2.75) is 57.8 Å². The van der Waals surface area contributed by atoms with Crippen LogP contribution in [0.2, 0.25) is 0 Å². The molecular weight excluding hydrogens is 434 g/mol. The van der Waals surface area contributed by atoms with E-state index in [-0.39, 0.29) is 15.4 Å². The van der Waals surface area contributed by atoms with Crippen molar-refractivity contribution in [2.24, 2.45) is 11.3 Å². The molecule has 1 aromatic heterocycles. The molecule has 1 aromatic carbocycles. The Hall–Kier alpha value is -2.04. The molecule has 0 bridgehead atoms. The van der Waals surface area contributed by atoms with Gasteiger partial charge in [-0.25, -0.2) is 13.1 Å². The maximum Gasteiger partial charge on any atom is 0.270 e. The van der Waals surface area contributed by atoms with Crippen molar-refractivity contribution in [1.29, 1.82) is 0 Å². The lowest BCUT2D eigenvalue weighted by Crippen LogP contribution is -2.34. The smallest absolute Gasteiger partial charge is 0.270 e. The molecule has 1 saturated heterocycles. The van der Waals surface area contributed by atoms with Crippen LogP contribution in [0.3, 0.4) is 0 Å². The highest BCUT2D eigenvalue weighted by molar-refractivity contribution is 7.91. The molecule has 2 heterocycles. The molecule has 2 unspecified atom stereocenters. The van der Waals surface area contributed by atoms with Crippen LogP contribution in [0.25, 0.3) is 0 Å². The predicted molar refractivity (Wildman–Crippen MR) is 124 cm³/mol. The van der Waals surface area contributed by atoms with Crippen molar-refractivity contribution < 1.29 is 13.2 Å². The Morgan fingerprint density at radius 3 is 2.52 bits per heavy atom. The number of nitrogens with zero attached hydrogens (tertiary/aromatic N) is 3. The lowest BCUT2D eigenvalue weighted by atomic mass is 9.96. The molecule has 0 aliphatic carbocycles. The maximum absolute atomic E-state index is 12.7. The van der Waals surface area contributed by atoms with Gasteiger partial charge in [-0.05, 0) is 43.4 Å². The third-order valence-electron chi connectivity index (χ3n) is 5.29. The molecule has 1 aliphatic rings. The second kappa shape index (κ2) is 9.22. The Kier molecular flexibility index (Phi) is 7.02. The van der Waals surface area contributed by atoms with Gasteiger partial charge in [0.2, 0.25) is 15.4 Å². The summed E-state index contributed by atoms with van der Waals surface area (Å²) in [5.41, 5.74) is 1.41. The topological polar surface area (TPSA) is 104 Å². The Morgan fingerprint density at radius 2 is 1.90 bits per heavy atom. The van der Waals surface area contributed by atoms with Crippen molar-refractivity contribution in [2.75, 3.05) is 23.3 Å². The fourth-order valence-electron chi connectivity index (χ4n) is 3.40. The van der Waals surface area contributed by atoms with Gasteiger partial charge in [0.05, 0.1) is 0 Å². The van der Waals surface area contributed by atoms with E-state index in [1.807, 2.05) is 24.3 Å². The van der Waals surface area contributed by atoms with E-state index in [0.717, 1.165) is 35.7 Å². The second-order valence-electron chi connectivity index (χ2n) is 9.21. The van der Waals surface area contributed by atoms with Gasteiger partial charge in [0, 0.05) is 30.2 Å². The van der Waals surface area contributed by atoms with E-state index in [2.05, 4.69) is 32.1 Å². The number of hydrogen-bond acceptors (Lipinski definition) is 7. The molecule has 0 radical (unpaired) electrons. The highest BCUT2D eigenvalue weighted by Crippen LogP contribution is 2.27. The summed E-state index contributed by atoms with van der Waals surface area (Å²) in [7, 11) is -3.86. The quantitative estimate of drug-likeness (QED) is 0.629. The fourth-order valence-corrected chi connectivity index (χ4v) is 5.55. The zero-order chi connectivity index (χ0) is 22.8. The first-order chi connectivity index (χ1) is 14.5. The number of sulfonamides is 1. The Bertz CT molecular complexity index is 1010. The second-order valence-corrected chi connectivity index (χ2v) is 12.1. The van der Waals surface area contributed by atoms with Crippen molar-refractivity contribution in [3.63, 3.8) is 0 Å². The van der Waals surface area contributed by atoms with Crippen molar-refractivity contribution in [3.8, 4) is 0 Å². The Balaban J connectivity index is 1.65. The van der Waals surface area contributed by atoms with E-state index in [1.165, 1.54) is 12.8 Å². The minimum atomic E-state index is -3.86. The number of anilines is 2. The number of carbonyl (C=O) groups is 1. The van der Waals surface area contributed by atoms with Crippen LogP contribution in [-0.4, -0.2) is 37.6 Å². The van der Waals surface area contributed by atoms with Crippen LogP contribution in [0, 0.1) is 11.3 Å². The molecule has 2 aromatic rings. The van der Waals surface area contributed by atoms with E-state index in [1.54, 1.807) is 27.7 Å². The van der Waals surface area contributed by atoms with E-state index in [0.29, 0.717) is 5.92 Å². The first-order valence-corrected chi connectivity index (χ1v) is 12.8. The largest absolute Gasteiger partial charge is 0.371 e. The number of rotatable bonds is 6. The zero-order valence-corrected chi connectivity index (χ0v) is 20.3. The third-order valence-corrected chi connectivity index (χ3v) is 8.03. The van der Waals surface area contributed by atoms with E-state index in [9.17, 15) is 13.2 Å². The summed E-state index contributed by atoms with van der Waals surface area (Å²) in [5, 5.41) is 10.3. The number of piperidine rings is 1. The van der Waals surface area contributed by atoms with Crippen molar-refractivity contribution in [1.82, 2.24) is 14.9 Å². The van der Waals surface area contributed by atoms with Crippen LogP contribution in [0.5, 0.6) is 0 Å². The number of aromatic nitrogens is 2. The zero-order valence-electron chi connectivity index (χ0n) is 18.7. The maximum atomic E-state index is 12.7. The summed E-state index contributed by atoms with van der Waals surface area (Å²) in [4.78, 5) is 14.5. The molecule has 10 heteroatoms. The lowest BCUT2D eigenvalue weighted by Gasteiger charge is -2.33. The molecule has 0 spiro atoms. The van der Waals surface area contributed by atoms with Gasteiger partial charge in [0.25, 0.3) is 10.0 Å². The van der Waals surface area contributed by atoms with E-state index >= 15 is 0 Å². The third kappa shape index (κ3) is 6.02. The SMILES string of the molecule is CC1CCCN(c2ccc(C(C)NS(=O)(=O)c3nnc(NC(=O)C(C)(C)C)s3)cc2)C1. The number of hydrogen-bond donors (Lipinski definition) is 2. The Morgan fingerprint density at radius 1 is 1.23 bits per heavy atom. The normalized spacial score (nSPS) is 18.6. The lowest BCUT2D eigenvalue weighted by molar-refractivity contribution is -0.123. The van der Waals surface area contributed by atoms with Gasteiger partial charge in [-0.15, -0.1) is 10.2 Å². The number of amides is 1. The van der Waals surface area contributed by atoms with E-state index in [4.69, 9.17) is 0 Å². The standard InChI is InChI=1S/C21H31N5O3S2/c1-14-7-6-12-26(13-14)17-10-8-16(9-11-17)15(2)25-31(28,29)20-24-23-19(30-20)22-18(27)21(3,4)5/h8-11,14-15,25H,6-7,12-13H2,1-5H3,(H,22,23,27). The first-order valence-electron chi connectivity index (χ1n) is 10.5. The van der Waals surface area contributed by atoms with Gasteiger partial charge < -0.3 is 10.2 Å². The van der Waals surface area contributed by atoms with Crippen molar-refractivity contribution >= 4 is 38.1 Å². The molecular formula is C21H31N5O3S2. The summed E-state index contributed by atoms with van der Waals surface area (Å²) >= 11 is 0.832. The molecule has 170 valence electrons. The summed E-state index contributed by atoms with van der Waals surface area (Å²) in [6.45, 7) is 11.5. The van der Waals surface area contributed by atoms with Gasteiger partial charge in [-0.3, -0.25) is 4.79 Å². The van der Waals surface area contributed by atoms with Gasteiger partial charge in [-0.2, -0.15) is 0 Å². The summed E-state index contributed by atoms with van der Waals surface area (Å²) in [5.74, 6) is 0.432. The van der Waals surface area contributed by atoms with Crippen LogP contribution in [0.1, 0.15) is 59.1 Å². The fraction of sp³-hybridized carbons (Fsp3) is 0.571. The highest BCUT2D eigenvalue weighted by Gasteiger charge is 2.26. The number of carbonyl (C=O) groups excluding carboxylic acids is 1. The van der Waals surface area contributed by atoms with Crippen LogP contribution in [0.4, 0.5) is 10.8 Å². The summed E-state index contributed by atoms with van der Waals surface area (Å²) < 4.78 is 27.9. The minimum absolute atomic E-state index is 0.160. The van der Waals surface area contributed by atoms with Gasteiger partial charge >= 0.3 is 0 Å². The molecule has 3 rings (SSSR count). The first kappa shape index (κ1) is 23.6. The van der Waals surface area contributed by atoms with Crippen LogP contribution in [0.15, 0.2) is 28.6 Å². The highest BCUT2D eigenvalue weighted by atomic mass is 32.2. The molecule has 0 saturated carbocycles. The summed E-state index contributed by atoms with van der Waals surface area (Å²) in [6, 6.07) is 7.57. The molecule has 1 fully saturated rings. The van der Waals surface area contributed by atoms with Gasteiger partial charge in [0.15, 0.2) is 0 Å². The molecule has 1 aliphatic heterocycles. The van der Waals surface area contributed by atoms with Crippen LogP contribution >= 0.6 is 11.3 Å². The van der Waals surface area contributed by atoms with Gasteiger partial charge in [-0.1, -0.05) is 51.2 Å². The van der Waals surface area contributed by atoms with Gasteiger partial charge in [0.1, 0.15) is 0 Å². The van der Waals surface area contributed by atoms with E-state index < -0.39 is 21.5 Å². The molecule has 8 nitrogen and oxygen atoms in total. The number of nitrogens with one attached hydrogen (secondary N) is 2. The molecule has 1 amide bonds. The minimum Gasteiger partial charge on any atom is -0.371 e. The number of benzene rings is 1. The van der Waals surface area contributed by atoms with Crippen LogP contribution in [-0.2, 0) is 14.8 Å². The predicted octanol–water partition coefficient (Wildman–Crippen LogP) is 3.80. The average Bonchev–Trinajstić information content (AvgIpc) is 3.16. The van der Waals surface area contributed by atoms with Crippen LogP contribution < -0.4 is 14.9 Å². The average molecular weight is 466 g/mol. The molecule has 2 N–H and O–H groups in total. The monoisotopic (exact) mass is 465 g/mol. The summed E-state index contributed by atoms with van der Waals surface area (Å²) in [6.07, 6.45) is 2.46. The Labute approximate surface area is 188 Å². The van der Waals surface area contributed by atoms with Crippen molar-refractivity contribution in [3.05, 3.63) is 29.8 Å².